The van der Waals surface area contributed by atoms with Gasteiger partial charge in [-0.15, -0.1) is 0 Å². The first-order valence-electron chi connectivity index (χ1n) is 5.03. The quantitative estimate of drug-likeness (QED) is 0.381. The van der Waals surface area contributed by atoms with Gasteiger partial charge < -0.3 is 15.7 Å². The van der Waals surface area contributed by atoms with Crippen LogP contribution in [-0.4, -0.2) is 21.0 Å². The Bertz CT molecular complexity index is 614. The molecule has 0 bridgehead atoms. The van der Waals surface area contributed by atoms with Gasteiger partial charge in [-0.2, -0.15) is 4.98 Å². The Hall–Kier alpha value is -2.77. The summed E-state index contributed by atoms with van der Waals surface area (Å²) >= 11 is 0. The second-order valence-electron chi connectivity index (χ2n) is 3.42. The summed E-state index contributed by atoms with van der Waals surface area (Å²) in [5, 5.41) is 11.3. The average Bonchev–Trinajstić information content (AvgIpc) is 2.37. The maximum Gasteiger partial charge on any atom is 0.322 e. The lowest BCUT2D eigenvalue weighted by Crippen LogP contribution is -2.15. The molecule has 19 heavy (non-hydrogen) atoms. The van der Waals surface area contributed by atoms with E-state index in [0.717, 1.165) is 12.1 Å². The highest BCUT2D eigenvalue weighted by Crippen LogP contribution is 2.20. The first-order chi connectivity index (χ1) is 9.08. The largest absolute Gasteiger partial charge is 0.424 e. The van der Waals surface area contributed by atoms with Crippen LogP contribution >= 0.6 is 0 Å². The van der Waals surface area contributed by atoms with Crippen LogP contribution in [0.5, 0.6) is 11.8 Å². The van der Waals surface area contributed by atoms with Gasteiger partial charge in [-0.05, 0) is 6.07 Å². The first-order valence-corrected chi connectivity index (χ1v) is 5.03. The van der Waals surface area contributed by atoms with Gasteiger partial charge >= 0.3 is 6.01 Å². The third kappa shape index (κ3) is 3.12. The fraction of sp³-hybridized carbons (Fsp3) is 0. The third-order valence-corrected chi connectivity index (χ3v) is 2.05. The van der Waals surface area contributed by atoms with Crippen LogP contribution < -0.4 is 10.5 Å². The van der Waals surface area contributed by atoms with E-state index in [1.54, 1.807) is 0 Å². The van der Waals surface area contributed by atoms with Crippen LogP contribution in [0.2, 0.25) is 0 Å². The number of aromatic nitrogens is 2. The normalized spacial score (nSPS) is 11.4. The Morgan fingerprint density at radius 3 is 2.58 bits per heavy atom. The van der Waals surface area contributed by atoms with Crippen LogP contribution in [0.25, 0.3) is 0 Å². The summed E-state index contributed by atoms with van der Waals surface area (Å²) in [5.41, 5.74) is 5.45. The maximum atomic E-state index is 13.0. The molecule has 0 fully saturated rings. The smallest absolute Gasteiger partial charge is 0.322 e. The molecule has 0 spiro atoms. The van der Waals surface area contributed by atoms with E-state index < -0.39 is 11.6 Å². The molecule has 0 saturated heterocycles. The molecule has 98 valence electrons. The lowest BCUT2D eigenvalue weighted by Gasteiger charge is -2.05. The lowest BCUT2D eigenvalue weighted by molar-refractivity contribution is 0.318. The number of amidine groups is 1. The predicted molar refractivity (Wildman–Crippen MR) is 61.0 cm³/mol. The molecule has 0 aliphatic carbocycles. The Morgan fingerprint density at radius 1 is 1.26 bits per heavy atom. The molecular formula is C11H8F2N4O2. The number of oxime groups is 1. The van der Waals surface area contributed by atoms with Crippen molar-refractivity contribution < 1.29 is 18.7 Å². The molecule has 3 N–H and O–H groups in total. The standard InChI is InChI=1S/C11H8F2N4O2/c12-6-3-7(13)5-8(4-6)19-11-15-2-1-9(16-11)10(14)17-18/h1-5,18H,(H2,14,17). The van der Waals surface area contributed by atoms with E-state index >= 15 is 0 Å². The molecule has 1 heterocycles. The molecule has 1 aromatic carbocycles. The minimum absolute atomic E-state index is 0.103. The maximum absolute atomic E-state index is 13.0. The summed E-state index contributed by atoms with van der Waals surface area (Å²) in [7, 11) is 0. The van der Waals surface area contributed by atoms with E-state index in [2.05, 4.69) is 15.1 Å². The van der Waals surface area contributed by atoms with E-state index in [0.29, 0.717) is 6.07 Å². The number of ether oxygens (including phenoxy) is 1. The van der Waals surface area contributed by atoms with Crippen molar-refractivity contribution in [1.82, 2.24) is 9.97 Å². The number of hydrogen-bond donors (Lipinski definition) is 2. The summed E-state index contributed by atoms with van der Waals surface area (Å²) in [6, 6.07) is 3.86. The van der Waals surface area contributed by atoms with Crippen molar-refractivity contribution in [2.24, 2.45) is 10.9 Å². The van der Waals surface area contributed by atoms with Crippen LogP contribution in [-0.2, 0) is 0 Å². The van der Waals surface area contributed by atoms with E-state index in [1.165, 1.54) is 12.3 Å². The fourth-order valence-electron chi connectivity index (χ4n) is 1.28. The SMILES string of the molecule is N/C(=N/O)c1ccnc(Oc2cc(F)cc(F)c2)n1. The van der Waals surface area contributed by atoms with Crippen molar-refractivity contribution in [2.75, 3.05) is 0 Å². The minimum atomic E-state index is -0.789. The van der Waals surface area contributed by atoms with Crippen LogP contribution in [0, 0.1) is 11.6 Å². The zero-order valence-corrected chi connectivity index (χ0v) is 9.42. The zero-order chi connectivity index (χ0) is 13.8. The molecule has 0 atom stereocenters. The fourth-order valence-corrected chi connectivity index (χ4v) is 1.28. The summed E-state index contributed by atoms with van der Waals surface area (Å²) in [4.78, 5) is 7.54. The van der Waals surface area contributed by atoms with Crippen molar-refractivity contribution in [2.45, 2.75) is 0 Å². The minimum Gasteiger partial charge on any atom is -0.424 e. The third-order valence-electron chi connectivity index (χ3n) is 2.05. The van der Waals surface area contributed by atoms with Crippen LogP contribution in [0.4, 0.5) is 8.78 Å². The molecule has 1 aromatic heterocycles. The highest BCUT2D eigenvalue weighted by molar-refractivity contribution is 5.95. The van der Waals surface area contributed by atoms with Gasteiger partial charge in [-0.1, -0.05) is 5.16 Å². The van der Waals surface area contributed by atoms with E-state index in [1.807, 2.05) is 0 Å². The first kappa shape index (κ1) is 12.7. The van der Waals surface area contributed by atoms with Gasteiger partial charge in [-0.25, -0.2) is 13.8 Å². The van der Waals surface area contributed by atoms with Gasteiger partial charge in [0.05, 0.1) is 0 Å². The van der Waals surface area contributed by atoms with Gasteiger partial charge in [0, 0.05) is 24.4 Å². The topological polar surface area (TPSA) is 93.6 Å². The molecule has 0 radical (unpaired) electrons. The van der Waals surface area contributed by atoms with Crippen molar-refractivity contribution in [3.05, 3.63) is 47.8 Å². The van der Waals surface area contributed by atoms with Crippen molar-refractivity contribution in [3.63, 3.8) is 0 Å². The molecular weight excluding hydrogens is 258 g/mol. The van der Waals surface area contributed by atoms with Gasteiger partial charge in [0.15, 0.2) is 5.84 Å². The molecule has 2 aromatic rings. The van der Waals surface area contributed by atoms with E-state index in [4.69, 9.17) is 15.7 Å². The Kier molecular flexibility index (Phi) is 3.51. The second kappa shape index (κ2) is 5.25. The number of nitrogens with zero attached hydrogens (tertiary/aromatic N) is 3. The lowest BCUT2D eigenvalue weighted by atomic mass is 10.3. The van der Waals surface area contributed by atoms with Gasteiger partial charge in [-0.3, -0.25) is 0 Å². The molecule has 0 aliphatic rings. The van der Waals surface area contributed by atoms with Gasteiger partial charge in [0.25, 0.3) is 0 Å². The van der Waals surface area contributed by atoms with Crippen molar-refractivity contribution in [1.29, 1.82) is 0 Å². The number of nitrogens with two attached hydrogens (primary N) is 1. The Labute approximate surface area is 106 Å². The van der Waals surface area contributed by atoms with Crippen molar-refractivity contribution in [3.8, 4) is 11.8 Å². The predicted octanol–water partition coefficient (Wildman–Crippen LogP) is 1.64. The average molecular weight is 266 g/mol. The summed E-state index contributed by atoms with van der Waals surface area (Å²) < 4.78 is 31.0. The highest BCUT2D eigenvalue weighted by Gasteiger charge is 2.07. The Morgan fingerprint density at radius 2 is 1.95 bits per heavy atom. The molecule has 0 saturated carbocycles. The molecule has 2 rings (SSSR count). The summed E-state index contributed by atoms with van der Waals surface area (Å²) in [6.45, 7) is 0. The van der Waals surface area contributed by atoms with Crippen LogP contribution in [0.1, 0.15) is 5.69 Å². The number of hydrogen-bond acceptors (Lipinski definition) is 5. The van der Waals surface area contributed by atoms with Crippen molar-refractivity contribution >= 4 is 5.84 Å². The number of halogens is 2. The number of rotatable bonds is 3. The monoisotopic (exact) mass is 266 g/mol. The molecule has 8 heteroatoms. The van der Waals surface area contributed by atoms with Crippen LogP contribution in [0.3, 0.4) is 0 Å². The Balaban J connectivity index is 2.28. The van der Waals surface area contributed by atoms with E-state index in [-0.39, 0.29) is 23.3 Å². The zero-order valence-electron chi connectivity index (χ0n) is 9.42. The van der Waals surface area contributed by atoms with E-state index in [9.17, 15) is 8.78 Å². The van der Waals surface area contributed by atoms with Gasteiger partial charge in [0.2, 0.25) is 0 Å². The van der Waals surface area contributed by atoms with Crippen LogP contribution in [0.15, 0.2) is 35.6 Å². The summed E-state index contributed by atoms with van der Waals surface area (Å²) in [5.74, 6) is -1.92. The molecule has 0 unspecified atom stereocenters. The highest BCUT2D eigenvalue weighted by atomic mass is 19.1. The molecule has 6 nitrogen and oxygen atoms in total. The summed E-state index contributed by atoms with van der Waals surface area (Å²) in [6.07, 6.45) is 1.30. The second-order valence-corrected chi connectivity index (χ2v) is 3.42. The molecule has 0 aliphatic heterocycles. The molecule has 0 amide bonds. The number of benzene rings is 1. The van der Waals surface area contributed by atoms with Gasteiger partial charge in [0.1, 0.15) is 23.1 Å².